The molecule has 2 heterocycles. The van der Waals surface area contributed by atoms with E-state index < -0.39 is 23.3 Å². The van der Waals surface area contributed by atoms with Crippen molar-refractivity contribution in [2.75, 3.05) is 5.32 Å². The van der Waals surface area contributed by atoms with Crippen LogP contribution in [0.1, 0.15) is 31.1 Å². The SMILES string of the molecule is CC(C)C(C)Nc1c(-c2ccc(F)cc2Cl)c(Cl)nc2c(C(=O)C(F)(F)F)cnn12. The number of rotatable bonds is 5. The van der Waals surface area contributed by atoms with Crippen molar-refractivity contribution >= 4 is 40.5 Å². The number of nitrogens with one attached hydrogen (secondary N) is 1. The molecule has 0 amide bonds. The van der Waals surface area contributed by atoms with Crippen molar-refractivity contribution in [2.24, 2.45) is 5.92 Å². The summed E-state index contributed by atoms with van der Waals surface area (Å²) >= 11 is 12.5. The highest BCUT2D eigenvalue weighted by molar-refractivity contribution is 6.36. The summed E-state index contributed by atoms with van der Waals surface area (Å²) in [5.74, 6) is -2.36. The highest BCUT2D eigenvalue weighted by atomic mass is 35.5. The highest BCUT2D eigenvalue weighted by Crippen LogP contribution is 2.40. The van der Waals surface area contributed by atoms with Crippen molar-refractivity contribution in [3.05, 3.63) is 46.0 Å². The first-order valence-corrected chi connectivity index (χ1v) is 9.58. The second kappa shape index (κ2) is 8.03. The van der Waals surface area contributed by atoms with Crippen molar-refractivity contribution in [3.63, 3.8) is 0 Å². The fourth-order valence-electron chi connectivity index (χ4n) is 2.73. The zero-order valence-corrected chi connectivity index (χ0v) is 17.5. The number of hydrogen-bond acceptors (Lipinski definition) is 4. The molecule has 30 heavy (non-hydrogen) atoms. The van der Waals surface area contributed by atoms with E-state index in [1.54, 1.807) is 0 Å². The van der Waals surface area contributed by atoms with Crippen molar-refractivity contribution in [3.8, 4) is 11.1 Å². The van der Waals surface area contributed by atoms with Gasteiger partial charge in [-0.15, -0.1) is 0 Å². The third kappa shape index (κ3) is 4.09. The number of benzene rings is 1. The van der Waals surface area contributed by atoms with Crippen LogP contribution < -0.4 is 5.32 Å². The summed E-state index contributed by atoms with van der Waals surface area (Å²) in [6.07, 6.45) is -4.31. The molecule has 0 saturated carbocycles. The fraction of sp³-hybridized carbons (Fsp3) is 0.316. The molecule has 1 unspecified atom stereocenters. The number of halogens is 6. The van der Waals surface area contributed by atoms with E-state index in [1.807, 2.05) is 20.8 Å². The van der Waals surface area contributed by atoms with Gasteiger partial charge in [-0.1, -0.05) is 37.0 Å². The highest BCUT2D eigenvalue weighted by Gasteiger charge is 2.41. The van der Waals surface area contributed by atoms with E-state index in [2.05, 4.69) is 15.4 Å². The van der Waals surface area contributed by atoms with Gasteiger partial charge in [0.05, 0.1) is 22.3 Å². The topological polar surface area (TPSA) is 59.3 Å². The van der Waals surface area contributed by atoms with Gasteiger partial charge in [-0.25, -0.2) is 9.37 Å². The number of nitrogens with zero attached hydrogens (tertiary/aromatic N) is 3. The van der Waals surface area contributed by atoms with Gasteiger partial charge in [-0.3, -0.25) is 4.79 Å². The second-order valence-corrected chi connectivity index (χ2v) is 7.81. The average molecular weight is 463 g/mol. The molecule has 0 saturated heterocycles. The largest absolute Gasteiger partial charge is 0.455 e. The Morgan fingerprint density at radius 1 is 1.20 bits per heavy atom. The molecule has 3 rings (SSSR count). The standard InChI is InChI=1S/C19H16Cl2F4N4O/c1-8(2)9(3)27-18-14(11-5-4-10(22)6-13(11)20)16(21)28-17-12(7-26-29(17)18)15(30)19(23,24)25/h4-9,27H,1-3H3. The molecular weight excluding hydrogens is 447 g/mol. The molecule has 1 N–H and O–H groups in total. The molecule has 5 nitrogen and oxygen atoms in total. The Balaban J connectivity index is 2.33. The van der Waals surface area contributed by atoms with Crippen LogP contribution in [0.4, 0.5) is 23.4 Å². The Morgan fingerprint density at radius 3 is 2.43 bits per heavy atom. The quantitative estimate of drug-likeness (QED) is 0.285. The number of carbonyl (C=O) groups excluding carboxylic acids is 1. The second-order valence-electron chi connectivity index (χ2n) is 7.05. The Kier molecular flexibility index (Phi) is 5.97. The van der Waals surface area contributed by atoms with Gasteiger partial charge in [-0.2, -0.15) is 22.8 Å². The number of Topliss-reactive ketones (excluding diaryl/α,β-unsaturated/α-hetero) is 1. The van der Waals surface area contributed by atoms with E-state index >= 15 is 0 Å². The number of carbonyl (C=O) groups is 1. The molecule has 0 aliphatic carbocycles. The average Bonchev–Trinajstić information content (AvgIpc) is 3.04. The first kappa shape index (κ1) is 22.3. The Bertz CT molecular complexity index is 1130. The molecule has 3 aromatic rings. The van der Waals surface area contributed by atoms with E-state index in [0.29, 0.717) is 5.56 Å². The Morgan fingerprint density at radius 2 is 1.87 bits per heavy atom. The maximum absolute atomic E-state index is 13.5. The lowest BCUT2D eigenvalue weighted by atomic mass is 10.0. The zero-order chi connectivity index (χ0) is 22.4. The predicted octanol–water partition coefficient (Wildman–Crippen LogP) is 6.04. The van der Waals surface area contributed by atoms with E-state index in [4.69, 9.17) is 23.2 Å². The smallest absolute Gasteiger partial charge is 0.367 e. The van der Waals surface area contributed by atoms with Gasteiger partial charge >= 0.3 is 6.18 Å². The number of hydrogen-bond donors (Lipinski definition) is 1. The number of fused-ring (bicyclic) bond motifs is 1. The van der Waals surface area contributed by atoms with Crippen LogP contribution in [-0.2, 0) is 0 Å². The normalized spacial score (nSPS) is 13.1. The van der Waals surface area contributed by atoms with Crippen molar-refractivity contribution in [1.82, 2.24) is 14.6 Å². The van der Waals surface area contributed by atoms with Gasteiger partial charge in [-0.05, 0) is 31.0 Å². The van der Waals surface area contributed by atoms with Gasteiger partial charge in [0.15, 0.2) is 5.65 Å². The Labute approximate surface area is 179 Å². The first-order valence-electron chi connectivity index (χ1n) is 8.82. The minimum absolute atomic E-state index is 0.0250. The van der Waals surface area contributed by atoms with E-state index in [-0.39, 0.29) is 39.2 Å². The molecular formula is C19H16Cl2F4N4O. The molecule has 0 bridgehead atoms. The van der Waals surface area contributed by atoms with Crippen LogP contribution in [0, 0.1) is 11.7 Å². The van der Waals surface area contributed by atoms with Crippen molar-refractivity contribution in [2.45, 2.75) is 33.0 Å². The lowest BCUT2D eigenvalue weighted by Gasteiger charge is -2.22. The molecule has 0 spiro atoms. The third-order valence-corrected chi connectivity index (χ3v) is 5.26. The Hall–Kier alpha value is -2.39. The van der Waals surface area contributed by atoms with Crippen LogP contribution in [0.2, 0.25) is 10.2 Å². The lowest BCUT2D eigenvalue weighted by molar-refractivity contribution is -0.0884. The number of alkyl halides is 3. The van der Waals surface area contributed by atoms with Crippen LogP contribution in [0.3, 0.4) is 0 Å². The zero-order valence-electron chi connectivity index (χ0n) is 16.0. The van der Waals surface area contributed by atoms with Gasteiger partial charge < -0.3 is 5.32 Å². The molecule has 0 fully saturated rings. The fourth-order valence-corrected chi connectivity index (χ4v) is 3.26. The minimum atomic E-state index is -5.10. The minimum Gasteiger partial charge on any atom is -0.367 e. The number of ketones is 1. The van der Waals surface area contributed by atoms with E-state index in [9.17, 15) is 22.4 Å². The van der Waals surface area contributed by atoms with E-state index in [0.717, 1.165) is 16.8 Å². The monoisotopic (exact) mass is 462 g/mol. The lowest BCUT2D eigenvalue weighted by Crippen LogP contribution is -2.25. The summed E-state index contributed by atoms with van der Waals surface area (Å²) in [5.41, 5.74) is -0.574. The molecule has 0 aliphatic rings. The molecule has 0 aliphatic heterocycles. The summed E-state index contributed by atoms with van der Waals surface area (Å²) in [4.78, 5) is 15.8. The molecule has 0 radical (unpaired) electrons. The molecule has 11 heteroatoms. The van der Waals surface area contributed by atoms with Gasteiger partial charge in [0.2, 0.25) is 0 Å². The first-order chi connectivity index (χ1) is 13.9. The third-order valence-electron chi connectivity index (χ3n) is 4.67. The molecule has 160 valence electrons. The van der Waals surface area contributed by atoms with Crippen molar-refractivity contribution < 1.29 is 22.4 Å². The summed E-state index contributed by atoms with van der Waals surface area (Å²) in [6, 6.07) is 3.45. The summed E-state index contributed by atoms with van der Waals surface area (Å²) in [5, 5.41) is 6.90. The van der Waals surface area contributed by atoms with Gasteiger partial charge in [0.1, 0.15) is 16.8 Å². The summed E-state index contributed by atoms with van der Waals surface area (Å²) in [7, 11) is 0. The molecule has 1 atom stereocenters. The van der Waals surface area contributed by atoms with Crippen LogP contribution in [0.5, 0.6) is 0 Å². The summed E-state index contributed by atoms with van der Waals surface area (Å²) in [6.45, 7) is 5.72. The van der Waals surface area contributed by atoms with Crippen LogP contribution in [0.25, 0.3) is 16.8 Å². The molecule has 1 aromatic carbocycles. The van der Waals surface area contributed by atoms with Crippen LogP contribution in [-0.4, -0.2) is 32.6 Å². The predicted molar refractivity (Wildman–Crippen MR) is 107 cm³/mol. The van der Waals surface area contributed by atoms with Gasteiger partial charge in [0, 0.05) is 11.6 Å². The maximum atomic E-state index is 13.5. The van der Waals surface area contributed by atoms with Gasteiger partial charge in [0.25, 0.3) is 5.78 Å². The van der Waals surface area contributed by atoms with E-state index in [1.165, 1.54) is 12.1 Å². The van der Waals surface area contributed by atoms with Crippen LogP contribution >= 0.6 is 23.2 Å². The number of aromatic nitrogens is 3. The van der Waals surface area contributed by atoms with Crippen LogP contribution in [0.15, 0.2) is 24.4 Å². The maximum Gasteiger partial charge on any atom is 0.455 e. The molecule has 2 aromatic heterocycles. The number of anilines is 1. The summed E-state index contributed by atoms with van der Waals surface area (Å²) < 4.78 is 53.5. The van der Waals surface area contributed by atoms with Crippen molar-refractivity contribution in [1.29, 1.82) is 0 Å².